The van der Waals surface area contributed by atoms with E-state index in [1.807, 2.05) is 11.7 Å². The maximum Gasteiger partial charge on any atom is 0.130 e. The molecule has 0 atom stereocenters. The van der Waals surface area contributed by atoms with Crippen LogP contribution in [0.25, 0.3) is 0 Å². The van der Waals surface area contributed by atoms with E-state index in [9.17, 15) is 0 Å². The number of ether oxygens (including phenoxy) is 1. The molecule has 0 amide bonds. The fraction of sp³-hybridized carbons (Fsp3) is 0.438. The quantitative estimate of drug-likeness (QED) is 0.911. The minimum atomic E-state index is 0.535. The molecule has 2 N–H and O–H groups in total. The van der Waals surface area contributed by atoms with Gasteiger partial charge < -0.3 is 10.5 Å². The molecule has 0 radical (unpaired) electrons. The Morgan fingerprint density at radius 1 is 1.20 bits per heavy atom. The van der Waals surface area contributed by atoms with Gasteiger partial charge >= 0.3 is 0 Å². The lowest BCUT2D eigenvalue weighted by Crippen LogP contribution is -2.05. The molecule has 0 saturated carbocycles. The smallest absolute Gasteiger partial charge is 0.130 e. The Hall–Kier alpha value is -1.81. The zero-order valence-corrected chi connectivity index (χ0v) is 12.7. The average molecular weight is 273 g/mol. The largest absolute Gasteiger partial charge is 0.487 e. The third-order valence-electron chi connectivity index (χ3n) is 3.51. The molecule has 4 heteroatoms. The Morgan fingerprint density at radius 3 is 2.35 bits per heavy atom. The molecule has 0 aliphatic heterocycles. The highest BCUT2D eigenvalue weighted by Crippen LogP contribution is 2.25. The maximum atomic E-state index is 5.99. The van der Waals surface area contributed by atoms with Crippen LogP contribution in [-0.4, -0.2) is 9.78 Å². The molecule has 1 aromatic carbocycles. The normalized spacial score (nSPS) is 10.8. The number of aromatic nitrogens is 2. The van der Waals surface area contributed by atoms with Crippen LogP contribution in [0, 0.1) is 13.8 Å². The molecule has 0 saturated heterocycles. The minimum absolute atomic E-state index is 0.535. The first-order valence-corrected chi connectivity index (χ1v) is 7.00. The third-order valence-corrected chi connectivity index (χ3v) is 3.51. The molecule has 4 nitrogen and oxygen atoms in total. The van der Waals surface area contributed by atoms with Crippen LogP contribution in [0.5, 0.6) is 5.75 Å². The number of aryl methyl sites for hydroxylation is 4. The first-order valence-electron chi connectivity index (χ1n) is 7.00. The van der Waals surface area contributed by atoms with E-state index < -0.39 is 0 Å². The molecule has 2 aromatic rings. The van der Waals surface area contributed by atoms with E-state index in [1.165, 1.54) is 0 Å². The monoisotopic (exact) mass is 273 g/mol. The first kappa shape index (κ1) is 14.6. The predicted octanol–water partition coefficient (Wildman–Crippen LogP) is 2.64. The van der Waals surface area contributed by atoms with Gasteiger partial charge in [0.25, 0.3) is 0 Å². The lowest BCUT2D eigenvalue weighted by Gasteiger charge is -2.13. The highest BCUT2D eigenvalue weighted by atomic mass is 16.5. The van der Waals surface area contributed by atoms with Crippen LogP contribution in [0.2, 0.25) is 0 Å². The third kappa shape index (κ3) is 3.02. The van der Waals surface area contributed by atoms with Gasteiger partial charge in [0.05, 0.1) is 11.4 Å². The van der Waals surface area contributed by atoms with Crippen molar-refractivity contribution in [3.05, 3.63) is 46.3 Å². The number of nitrogens with zero attached hydrogens (tertiary/aromatic N) is 2. The SMILES string of the molecule is CCc1cc(COc2c(C)cc(CN)cc2C)n(C)n1. The first-order chi connectivity index (χ1) is 9.55. The summed E-state index contributed by atoms with van der Waals surface area (Å²) in [5.41, 5.74) is 11.3. The van der Waals surface area contributed by atoms with Crippen molar-refractivity contribution in [1.82, 2.24) is 9.78 Å². The van der Waals surface area contributed by atoms with E-state index in [0.717, 1.165) is 40.2 Å². The van der Waals surface area contributed by atoms with Crippen LogP contribution in [0.3, 0.4) is 0 Å². The molecule has 20 heavy (non-hydrogen) atoms. The molecule has 1 aromatic heterocycles. The van der Waals surface area contributed by atoms with E-state index in [1.54, 1.807) is 0 Å². The van der Waals surface area contributed by atoms with Gasteiger partial charge in [0.15, 0.2) is 0 Å². The van der Waals surface area contributed by atoms with E-state index in [2.05, 4.69) is 44.1 Å². The van der Waals surface area contributed by atoms with Crippen LogP contribution in [0.1, 0.15) is 35.0 Å². The van der Waals surface area contributed by atoms with Crippen molar-refractivity contribution in [2.24, 2.45) is 12.8 Å². The van der Waals surface area contributed by atoms with Crippen molar-refractivity contribution in [3.8, 4) is 5.75 Å². The van der Waals surface area contributed by atoms with E-state index in [0.29, 0.717) is 13.2 Å². The van der Waals surface area contributed by atoms with Crippen molar-refractivity contribution in [2.45, 2.75) is 40.3 Å². The molecule has 2 rings (SSSR count). The molecule has 0 aliphatic rings. The van der Waals surface area contributed by atoms with E-state index in [-0.39, 0.29) is 0 Å². The molecule has 108 valence electrons. The lowest BCUT2D eigenvalue weighted by molar-refractivity contribution is 0.291. The summed E-state index contributed by atoms with van der Waals surface area (Å²) < 4.78 is 7.88. The molecule has 0 bridgehead atoms. The molecular weight excluding hydrogens is 250 g/mol. The second-order valence-corrected chi connectivity index (χ2v) is 5.16. The summed E-state index contributed by atoms with van der Waals surface area (Å²) in [6, 6.07) is 6.27. The fourth-order valence-electron chi connectivity index (χ4n) is 2.41. The van der Waals surface area contributed by atoms with Crippen LogP contribution in [0.4, 0.5) is 0 Å². The van der Waals surface area contributed by atoms with Crippen LogP contribution in [-0.2, 0) is 26.6 Å². The van der Waals surface area contributed by atoms with Crippen LogP contribution >= 0.6 is 0 Å². The molecule has 0 unspecified atom stereocenters. The Morgan fingerprint density at radius 2 is 1.85 bits per heavy atom. The molecule has 1 heterocycles. The van der Waals surface area contributed by atoms with Crippen LogP contribution < -0.4 is 10.5 Å². The van der Waals surface area contributed by atoms with Gasteiger partial charge in [0.1, 0.15) is 12.4 Å². The molecule has 0 aliphatic carbocycles. The van der Waals surface area contributed by atoms with Gasteiger partial charge in [0, 0.05) is 13.6 Å². The van der Waals surface area contributed by atoms with Gasteiger partial charge in [-0.2, -0.15) is 5.10 Å². The number of rotatable bonds is 5. The van der Waals surface area contributed by atoms with Gasteiger partial charge in [-0.25, -0.2) is 0 Å². The van der Waals surface area contributed by atoms with Crippen molar-refractivity contribution >= 4 is 0 Å². The summed E-state index contributed by atoms with van der Waals surface area (Å²) in [5.74, 6) is 0.946. The Bertz CT molecular complexity index is 579. The molecular formula is C16H23N3O. The predicted molar refractivity (Wildman–Crippen MR) is 80.7 cm³/mol. The Labute approximate surface area is 120 Å². The fourth-order valence-corrected chi connectivity index (χ4v) is 2.41. The second-order valence-electron chi connectivity index (χ2n) is 5.16. The maximum absolute atomic E-state index is 5.99. The van der Waals surface area contributed by atoms with Gasteiger partial charge in [-0.05, 0) is 43.0 Å². The summed E-state index contributed by atoms with van der Waals surface area (Å²) in [5, 5.41) is 4.43. The Balaban J connectivity index is 2.16. The second kappa shape index (κ2) is 6.09. The number of nitrogens with two attached hydrogens (primary N) is 1. The zero-order chi connectivity index (χ0) is 14.7. The summed E-state index contributed by atoms with van der Waals surface area (Å²) >= 11 is 0. The summed E-state index contributed by atoms with van der Waals surface area (Å²) in [6.07, 6.45) is 0.942. The van der Waals surface area contributed by atoms with E-state index in [4.69, 9.17) is 10.5 Å². The van der Waals surface area contributed by atoms with E-state index >= 15 is 0 Å². The van der Waals surface area contributed by atoms with Crippen molar-refractivity contribution in [3.63, 3.8) is 0 Å². The topological polar surface area (TPSA) is 53.1 Å². The summed E-state index contributed by atoms with van der Waals surface area (Å²) in [6.45, 7) is 7.31. The standard InChI is InChI=1S/C16H23N3O/c1-5-14-8-15(19(4)18-14)10-20-16-11(2)6-13(9-17)7-12(16)3/h6-8H,5,9-10,17H2,1-4H3. The van der Waals surface area contributed by atoms with Gasteiger partial charge in [-0.1, -0.05) is 19.1 Å². The van der Waals surface area contributed by atoms with Crippen LogP contribution in [0.15, 0.2) is 18.2 Å². The Kier molecular flexibility index (Phi) is 4.45. The molecule has 0 fully saturated rings. The average Bonchev–Trinajstić information content (AvgIpc) is 2.78. The van der Waals surface area contributed by atoms with Crippen molar-refractivity contribution < 1.29 is 4.74 Å². The number of hydrogen-bond donors (Lipinski definition) is 1. The van der Waals surface area contributed by atoms with Gasteiger partial charge in [-0.15, -0.1) is 0 Å². The van der Waals surface area contributed by atoms with Gasteiger partial charge in [0.2, 0.25) is 0 Å². The summed E-state index contributed by atoms with van der Waals surface area (Å²) in [4.78, 5) is 0. The zero-order valence-electron chi connectivity index (χ0n) is 12.7. The summed E-state index contributed by atoms with van der Waals surface area (Å²) in [7, 11) is 1.95. The molecule has 0 spiro atoms. The van der Waals surface area contributed by atoms with Crippen molar-refractivity contribution in [2.75, 3.05) is 0 Å². The lowest BCUT2D eigenvalue weighted by atomic mass is 10.1. The highest BCUT2D eigenvalue weighted by Gasteiger charge is 2.09. The van der Waals surface area contributed by atoms with Crippen molar-refractivity contribution in [1.29, 1.82) is 0 Å². The number of hydrogen-bond acceptors (Lipinski definition) is 3. The number of benzene rings is 1. The van der Waals surface area contributed by atoms with Gasteiger partial charge in [-0.3, -0.25) is 4.68 Å². The minimum Gasteiger partial charge on any atom is -0.487 e. The highest BCUT2D eigenvalue weighted by molar-refractivity contribution is 5.43.